The molecule has 0 unspecified atom stereocenters. The number of halogens is 1. The first-order chi connectivity index (χ1) is 14.4. The van der Waals surface area contributed by atoms with Gasteiger partial charge in [-0.05, 0) is 29.8 Å². The Bertz CT molecular complexity index is 1010. The van der Waals surface area contributed by atoms with E-state index in [1.54, 1.807) is 30.2 Å². The third kappa shape index (κ3) is 5.87. The first kappa shape index (κ1) is 21.4. The summed E-state index contributed by atoms with van der Waals surface area (Å²) in [5, 5.41) is 11.0. The molecule has 0 aliphatic carbocycles. The minimum absolute atomic E-state index is 0.124. The summed E-state index contributed by atoms with van der Waals surface area (Å²) in [5.41, 5.74) is 2.86. The maximum Gasteiger partial charge on any atom is 0.246 e. The van der Waals surface area contributed by atoms with Gasteiger partial charge in [0.05, 0.1) is 11.6 Å². The highest BCUT2D eigenvalue weighted by Gasteiger charge is 2.10. The number of aliphatic imine (C=N–C) groups is 1. The van der Waals surface area contributed by atoms with Gasteiger partial charge in [-0.15, -0.1) is 0 Å². The number of carbonyl (C=O) groups excluding carboxylic acids is 1. The molecule has 0 aliphatic rings. The highest BCUT2D eigenvalue weighted by Crippen LogP contribution is 2.14. The van der Waals surface area contributed by atoms with E-state index >= 15 is 0 Å². The lowest BCUT2D eigenvalue weighted by Crippen LogP contribution is -2.38. The van der Waals surface area contributed by atoms with Gasteiger partial charge in [-0.25, -0.2) is 0 Å². The molecule has 30 heavy (non-hydrogen) atoms. The zero-order chi connectivity index (χ0) is 21.5. The number of aryl methyl sites for hydroxylation is 1. The third-order valence-corrected chi connectivity index (χ3v) is 4.78. The van der Waals surface area contributed by atoms with Crippen molar-refractivity contribution in [2.24, 2.45) is 12.0 Å². The summed E-state index contributed by atoms with van der Waals surface area (Å²) in [6, 6.07) is 11.5. The summed E-state index contributed by atoms with van der Waals surface area (Å²) < 4.78 is 3.59. The van der Waals surface area contributed by atoms with Crippen molar-refractivity contribution in [1.29, 1.82) is 0 Å². The number of guanidine groups is 1. The van der Waals surface area contributed by atoms with E-state index in [2.05, 4.69) is 20.7 Å². The zero-order valence-electron chi connectivity index (χ0n) is 17.3. The van der Waals surface area contributed by atoms with Crippen LogP contribution in [-0.2, 0) is 31.5 Å². The Balaban J connectivity index is 1.55. The van der Waals surface area contributed by atoms with Gasteiger partial charge in [0.2, 0.25) is 5.91 Å². The second kappa shape index (κ2) is 9.98. The first-order valence-electron chi connectivity index (χ1n) is 9.53. The van der Waals surface area contributed by atoms with Crippen molar-refractivity contribution in [3.63, 3.8) is 0 Å². The SMILES string of the molecule is CN=C(NCc1cccc(NC(=O)Cn2cccn2)c1)N(C)Cc1cc(Cl)cn1C. The summed E-state index contributed by atoms with van der Waals surface area (Å²) in [4.78, 5) is 18.6. The van der Waals surface area contributed by atoms with Gasteiger partial charge in [0.25, 0.3) is 0 Å². The van der Waals surface area contributed by atoms with Crippen LogP contribution in [0.3, 0.4) is 0 Å². The molecule has 8 nitrogen and oxygen atoms in total. The maximum atomic E-state index is 12.2. The van der Waals surface area contributed by atoms with E-state index in [-0.39, 0.29) is 12.5 Å². The standard InChI is InChI=1S/C21H26ClN7O/c1-23-21(28(3)14-19-11-17(22)13-27(19)2)24-12-16-6-4-7-18(10-16)26-20(30)15-29-9-5-8-25-29/h4-11,13H,12,14-15H2,1-3H3,(H,23,24)(H,26,30). The van der Waals surface area contributed by atoms with Crippen LogP contribution in [-0.4, -0.2) is 45.2 Å². The molecule has 1 aromatic carbocycles. The Morgan fingerprint density at radius 3 is 2.80 bits per heavy atom. The molecule has 0 fully saturated rings. The number of nitrogens with zero attached hydrogens (tertiary/aromatic N) is 5. The van der Waals surface area contributed by atoms with Gasteiger partial charge >= 0.3 is 0 Å². The van der Waals surface area contributed by atoms with Crippen molar-refractivity contribution in [2.45, 2.75) is 19.6 Å². The molecule has 2 N–H and O–H groups in total. The second-order valence-corrected chi connectivity index (χ2v) is 7.41. The first-order valence-corrected chi connectivity index (χ1v) is 9.91. The number of benzene rings is 1. The Labute approximate surface area is 181 Å². The summed E-state index contributed by atoms with van der Waals surface area (Å²) in [5.74, 6) is 0.640. The highest BCUT2D eigenvalue weighted by atomic mass is 35.5. The second-order valence-electron chi connectivity index (χ2n) is 6.97. The van der Waals surface area contributed by atoms with Gasteiger partial charge in [0.1, 0.15) is 6.54 Å². The number of rotatable bonds is 7. The fraction of sp³-hybridized carbons (Fsp3) is 0.286. The lowest BCUT2D eigenvalue weighted by molar-refractivity contribution is -0.116. The van der Waals surface area contributed by atoms with Gasteiger partial charge in [-0.2, -0.15) is 5.10 Å². The topological polar surface area (TPSA) is 79.5 Å². The van der Waals surface area contributed by atoms with E-state index < -0.39 is 0 Å². The number of anilines is 1. The van der Waals surface area contributed by atoms with Crippen molar-refractivity contribution in [2.75, 3.05) is 19.4 Å². The quantitative estimate of drug-likeness (QED) is 0.449. The molecule has 0 radical (unpaired) electrons. The van der Waals surface area contributed by atoms with Gasteiger partial charge in [-0.1, -0.05) is 23.7 Å². The molecule has 0 bridgehead atoms. The molecule has 2 heterocycles. The summed E-state index contributed by atoms with van der Waals surface area (Å²) in [6.07, 6.45) is 5.29. The molecule has 0 saturated heterocycles. The van der Waals surface area contributed by atoms with Crippen LogP contribution in [0.4, 0.5) is 5.69 Å². The minimum atomic E-state index is -0.124. The molecule has 2 aromatic heterocycles. The number of aromatic nitrogens is 3. The highest BCUT2D eigenvalue weighted by molar-refractivity contribution is 6.30. The molecule has 158 valence electrons. The van der Waals surface area contributed by atoms with Crippen LogP contribution in [0.15, 0.2) is 60.0 Å². The average molecular weight is 428 g/mol. The van der Waals surface area contributed by atoms with E-state index in [0.717, 1.165) is 27.9 Å². The molecule has 3 aromatic rings. The normalized spacial score (nSPS) is 11.4. The molecule has 3 rings (SSSR count). The van der Waals surface area contributed by atoms with Gasteiger partial charge < -0.3 is 20.1 Å². The lowest BCUT2D eigenvalue weighted by atomic mass is 10.2. The van der Waals surface area contributed by atoms with Crippen LogP contribution in [0.5, 0.6) is 0 Å². The Morgan fingerprint density at radius 2 is 2.13 bits per heavy atom. The van der Waals surface area contributed by atoms with Crippen LogP contribution in [0.1, 0.15) is 11.3 Å². The molecule has 0 aliphatic heterocycles. The van der Waals surface area contributed by atoms with Gasteiger partial charge in [0.15, 0.2) is 5.96 Å². The van der Waals surface area contributed by atoms with Crippen molar-refractivity contribution in [3.05, 3.63) is 71.3 Å². The molecular formula is C21H26ClN7O. The Hall–Kier alpha value is -3.26. The number of carbonyl (C=O) groups is 1. The molecular weight excluding hydrogens is 402 g/mol. The van der Waals surface area contributed by atoms with Crippen LogP contribution in [0, 0.1) is 0 Å². The smallest absolute Gasteiger partial charge is 0.246 e. The van der Waals surface area contributed by atoms with E-state index in [1.807, 2.05) is 60.1 Å². The predicted molar refractivity (Wildman–Crippen MR) is 119 cm³/mol. The van der Waals surface area contributed by atoms with E-state index in [4.69, 9.17) is 11.6 Å². The number of nitrogens with one attached hydrogen (secondary N) is 2. The molecule has 1 amide bonds. The fourth-order valence-corrected chi connectivity index (χ4v) is 3.38. The van der Waals surface area contributed by atoms with Crippen LogP contribution >= 0.6 is 11.6 Å². The monoisotopic (exact) mass is 427 g/mol. The molecule has 0 spiro atoms. The van der Waals surface area contributed by atoms with E-state index in [1.165, 1.54) is 0 Å². The van der Waals surface area contributed by atoms with E-state index in [0.29, 0.717) is 13.1 Å². The third-order valence-electron chi connectivity index (χ3n) is 4.57. The maximum absolute atomic E-state index is 12.2. The summed E-state index contributed by atoms with van der Waals surface area (Å²) in [7, 11) is 5.70. The lowest BCUT2D eigenvalue weighted by Gasteiger charge is -2.22. The molecule has 0 saturated carbocycles. The molecule has 0 atom stereocenters. The van der Waals surface area contributed by atoms with Crippen molar-refractivity contribution >= 4 is 29.2 Å². The number of hydrogen-bond acceptors (Lipinski definition) is 3. The average Bonchev–Trinajstić information content (AvgIpc) is 3.31. The minimum Gasteiger partial charge on any atom is -0.352 e. The number of amides is 1. The molecule has 9 heteroatoms. The summed E-state index contributed by atoms with van der Waals surface area (Å²) in [6.45, 7) is 1.43. The Kier molecular flexibility index (Phi) is 7.13. The van der Waals surface area contributed by atoms with Crippen molar-refractivity contribution < 1.29 is 4.79 Å². The predicted octanol–water partition coefficient (Wildman–Crippen LogP) is 2.72. The van der Waals surface area contributed by atoms with Crippen molar-refractivity contribution in [1.82, 2.24) is 24.6 Å². The number of hydrogen-bond donors (Lipinski definition) is 2. The van der Waals surface area contributed by atoms with E-state index in [9.17, 15) is 4.79 Å². The zero-order valence-corrected chi connectivity index (χ0v) is 18.1. The summed E-state index contributed by atoms with van der Waals surface area (Å²) >= 11 is 6.07. The van der Waals surface area contributed by atoms with Crippen LogP contribution < -0.4 is 10.6 Å². The van der Waals surface area contributed by atoms with Gasteiger partial charge in [0, 0.05) is 57.7 Å². The Morgan fingerprint density at radius 1 is 1.30 bits per heavy atom. The largest absolute Gasteiger partial charge is 0.352 e. The van der Waals surface area contributed by atoms with Crippen LogP contribution in [0.25, 0.3) is 0 Å². The van der Waals surface area contributed by atoms with Crippen LogP contribution in [0.2, 0.25) is 5.02 Å². The fourth-order valence-electron chi connectivity index (χ4n) is 3.11. The van der Waals surface area contributed by atoms with Crippen molar-refractivity contribution in [3.8, 4) is 0 Å². The van der Waals surface area contributed by atoms with Gasteiger partial charge in [-0.3, -0.25) is 14.5 Å².